The molecule has 124 valence electrons. The molecule has 0 spiro atoms. The molecular weight excluding hydrogens is 308 g/mol. The van der Waals surface area contributed by atoms with Crippen LogP contribution < -0.4 is 15.8 Å². The average Bonchev–Trinajstić information content (AvgIpc) is 2.53. The van der Waals surface area contributed by atoms with Crippen molar-refractivity contribution in [3.05, 3.63) is 51.9 Å². The van der Waals surface area contributed by atoms with E-state index in [1.807, 2.05) is 26.0 Å². The van der Waals surface area contributed by atoms with Crippen LogP contribution in [0.25, 0.3) is 11.3 Å². The van der Waals surface area contributed by atoms with E-state index in [9.17, 15) is 9.59 Å². The number of rotatable bonds is 3. The van der Waals surface area contributed by atoms with Gasteiger partial charge in [-0.3, -0.25) is 4.79 Å². The number of carbonyl (C=O) groups excluding carboxylic acids is 1. The maximum absolute atomic E-state index is 11.6. The highest BCUT2D eigenvalue weighted by molar-refractivity contribution is 6.07. The average molecular weight is 326 g/mol. The lowest BCUT2D eigenvalue weighted by atomic mass is 9.92. The number of methoxy groups -OCH3 is 1. The Labute approximate surface area is 139 Å². The van der Waals surface area contributed by atoms with Crippen molar-refractivity contribution in [1.82, 2.24) is 5.43 Å². The van der Waals surface area contributed by atoms with E-state index >= 15 is 0 Å². The van der Waals surface area contributed by atoms with Crippen LogP contribution in [0.2, 0.25) is 0 Å². The van der Waals surface area contributed by atoms with Crippen LogP contribution >= 0.6 is 0 Å². The minimum atomic E-state index is -0.388. The second-order valence-corrected chi connectivity index (χ2v) is 5.87. The number of nitrogens with one attached hydrogen (secondary N) is 1. The SMILES string of the molecule is COc1cc(-c2cc(C)cc(=O)o2)ccc1C1=NNC(=O)CC1C. The number of benzene rings is 1. The lowest BCUT2D eigenvalue weighted by molar-refractivity contribution is -0.121. The summed E-state index contributed by atoms with van der Waals surface area (Å²) in [4.78, 5) is 23.0. The van der Waals surface area contributed by atoms with Gasteiger partial charge < -0.3 is 9.15 Å². The van der Waals surface area contributed by atoms with Gasteiger partial charge in [0.1, 0.15) is 11.5 Å². The highest BCUT2D eigenvalue weighted by Gasteiger charge is 2.24. The van der Waals surface area contributed by atoms with E-state index in [0.29, 0.717) is 17.9 Å². The molecule has 0 saturated heterocycles. The summed E-state index contributed by atoms with van der Waals surface area (Å²) in [5, 5.41) is 4.16. The van der Waals surface area contributed by atoms with E-state index in [0.717, 1.165) is 22.4 Å². The first-order valence-corrected chi connectivity index (χ1v) is 7.65. The van der Waals surface area contributed by atoms with Gasteiger partial charge in [0.25, 0.3) is 0 Å². The minimum absolute atomic E-state index is 0.00426. The highest BCUT2D eigenvalue weighted by atomic mass is 16.5. The number of amides is 1. The number of hydrazone groups is 1. The number of hydrogen-bond acceptors (Lipinski definition) is 5. The third-order valence-electron chi connectivity index (χ3n) is 3.94. The van der Waals surface area contributed by atoms with Crippen molar-refractivity contribution in [2.24, 2.45) is 11.0 Å². The molecule has 6 nitrogen and oxygen atoms in total. The van der Waals surface area contributed by atoms with E-state index in [1.54, 1.807) is 19.2 Å². The zero-order chi connectivity index (χ0) is 17.3. The number of aryl methyl sites for hydroxylation is 1. The molecule has 24 heavy (non-hydrogen) atoms. The maximum atomic E-state index is 11.6. The molecule has 0 bridgehead atoms. The largest absolute Gasteiger partial charge is 0.496 e. The van der Waals surface area contributed by atoms with E-state index < -0.39 is 0 Å². The molecule has 2 heterocycles. The molecule has 1 amide bonds. The molecule has 0 radical (unpaired) electrons. The third kappa shape index (κ3) is 3.08. The van der Waals surface area contributed by atoms with Crippen molar-refractivity contribution >= 4 is 11.6 Å². The number of hydrogen-bond donors (Lipinski definition) is 1. The topological polar surface area (TPSA) is 80.9 Å². The van der Waals surface area contributed by atoms with Crippen LogP contribution in [0, 0.1) is 12.8 Å². The van der Waals surface area contributed by atoms with Crippen LogP contribution in [-0.2, 0) is 4.79 Å². The van der Waals surface area contributed by atoms with Crippen LogP contribution in [0.3, 0.4) is 0 Å². The van der Waals surface area contributed by atoms with Gasteiger partial charge in [-0.2, -0.15) is 5.10 Å². The van der Waals surface area contributed by atoms with Crippen molar-refractivity contribution in [2.45, 2.75) is 20.3 Å². The van der Waals surface area contributed by atoms with E-state index in [4.69, 9.17) is 9.15 Å². The second kappa shape index (κ2) is 6.31. The summed E-state index contributed by atoms with van der Waals surface area (Å²) in [6.45, 7) is 3.79. The molecule has 1 atom stereocenters. The summed E-state index contributed by atoms with van der Waals surface area (Å²) in [5.41, 5.74) is 5.27. The summed E-state index contributed by atoms with van der Waals surface area (Å²) < 4.78 is 10.7. The number of ether oxygens (including phenoxy) is 1. The Balaban J connectivity index is 2.06. The summed E-state index contributed by atoms with van der Waals surface area (Å²) in [6.07, 6.45) is 0.385. The molecule has 3 rings (SSSR count). The van der Waals surface area contributed by atoms with Gasteiger partial charge in [-0.15, -0.1) is 0 Å². The van der Waals surface area contributed by atoms with Gasteiger partial charge >= 0.3 is 5.63 Å². The Kier molecular flexibility index (Phi) is 4.20. The molecule has 1 N–H and O–H groups in total. The Morgan fingerprint density at radius 2 is 2.04 bits per heavy atom. The van der Waals surface area contributed by atoms with Gasteiger partial charge in [0.15, 0.2) is 0 Å². The number of carbonyl (C=O) groups is 1. The van der Waals surface area contributed by atoms with Crippen molar-refractivity contribution in [3.8, 4) is 17.1 Å². The van der Waals surface area contributed by atoms with Gasteiger partial charge in [0.2, 0.25) is 5.91 Å². The predicted molar refractivity (Wildman–Crippen MR) is 90.2 cm³/mol. The van der Waals surface area contributed by atoms with Gasteiger partial charge in [-0.05, 0) is 30.7 Å². The predicted octanol–water partition coefficient (Wildman–Crippen LogP) is 2.48. The fourth-order valence-electron chi connectivity index (χ4n) is 2.78. The first-order chi connectivity index (χ1) is 11.5. The van der Waals surface area contributed by atoms with Gasteiger partial charge in [-0.1, -0.05) is 13.0 Å². The summed E-state index contributed by atoms with van der Waals surface area (Å²) in [6, 6.07) is 8.76. The molecule has 2 aromatic rings. The van der Waals surface area contributed by atoms with Crippen LogP contribution in [0.1, 0.15) is 24.5 Å². The van der Waals surface area contributed by atoms with Gasteiger partial charge in [0, 0.05) is 29.5 Å². The van der Waals surface area contributed by atoms with Gasteiger partial charge in [0.05, 0.1) is 12.8 Å². The fraction of sp³-hybridized carbons (Fsp3) is 0.278. The Morgan fingerprint density at radius 1 is 1.25 bits per heavy atom. The van der Waals surface area contributed by atoms with Crippen molar-refractivity contribution < 1.29 is 13.9 Å². The normalized spacial score (nSPS) is 17.2. The standard InChI is InChI=1S/C18H18N2O4/c1-10-6-14(24-17(22)7-10)12-4-5-13(15(9-12)23-3)18-11(2)8-16(21)19-20-18/h4-7,9,11H,8H2,1-3H3,(H,19,21). The van der Waals surface area contributed by atoms with Crippen LogP contribution in [-0.4, -0.2) is 18.7 Å². The molecule has 1 aliphatic heterocycles. The first-order valence-electron chi connectivity index (χ1n) is 7.65. The maximum Gasteiger partial charge on any atom is 0.336 e. The highest BCUT2D eigenvalue weighted by Crippen LogP contribution is 2.30. The monoisotopic (exact) mass is 326 g/mol. The Morgan fingerprint density at radius 3 is 2.71 bits per heavy atom. The van der Waals surface area contributed by atoms with Crippen LogP contribution in [0.15, 0.2) is 44.6 Å². The lowest BCUT2D eigenvalue weighted by Gasteiger charge is -2.21. The zero-order valence-corrected chi connectivity index (χ0v) is 13.8. The molecule has 1 unspecified atom stereocenters. The van der Waals surface area contributed by atoms with Crippen molar-refractivity contribution in [1.29, 1.82) is 0 Å². The minimum Gasteiger partial charge on any atom is -0.496 e. The van der Waals surface area contributed by atoms with E-state index in [2.05, 4.69) is 10.5 Å². The Bertz CT molecular complexity index is 883. The molecular formula is C18H18N2O4. The van der Waals surface area contributed by atoms with Crippen molar-refractivity contribution in [2.75, 3.05) is 7.11 Å². The van der Waals surface area contributed by atoms with Crippen molar-refractivity contribution in [3.63, 3.8) is 0 Å². The fourth-order valence-corrected chi connectivity index (χ4v) is 2.78. The van der Waals surface area contributed by atoms with Crippen LogP contribution in [0.4, 0.5) is 0 Å². The zero-order valence-electron chi connectivity index (χ0n) is 13.8. The molecule has 0 fully saturated rings. The van der Waals surface area contributed by atoms with E-state index in [-0.39, 0.29) is 17.5 Å². The summed E-state index contributed by atoms with van der Waals surface area (Å²) in [5.74, 6) is 0.994. The third-order valence-corrected chi connectivity index (χ3v) is 3.94. The van der Waals surface area contributed by atoms with Crippen LogP contribution in [0.5, 0.6) is 5.75 Å². The summed E-state index contributed by atoms with van der Waals surface area (Å²) in [7, 11) is 1.57. The second-order valence-electron chi connectivity index (χ2n) is 5.87. The number of nitrogens with zero attached hydrogens (tertiary/aromatic N) is 1. The molecule has 6 heteroatoms. The summed E-state index contributed by atoms with van der Waals surface area (Å²) >= 11 is 0. The molecule has 1 aromatic heterocycles. The molecule has 1 aromatic carbocycles. The smallest absolute Gasteiger partial charge is 0.336 e. The first kappa shape index (κ1) is 16.0. The van der Waals surface area contributed by atoms with E-state index in [1.165, 1.54) is 6.07 Å². The quantitative estimate of drug-likeness (QED) is 0.939. The van der Waals surface area contributed by atoms with Gasteiger partial charge in [-0.25, -0.2) is 10.2 Å². The lowest BCUT2D eigenvalue weighted by Crippen LogP contribution is -2.32. The molecule has 1 aliphatic rings. The Hall–Kier alpha value is -2.89. The molecule has 0 aliphatic carbocycles. The molecule has 0 saturated carbocycles.